The maximum Gasteiger partial charge on any atom is 0.171 e. The lowest BCUT2D eigenvalue weighted by atomic mass is 10.3. The largest absolute Gasteiger partial charge is 0.409 e. The topological polar surface area (TPSA) is 84.4 Å². The zero-order valence-corrected chi connectivity index (χ0v) is 11.5. The molecule has 0 aromatic carbocycles. The van der Waals surface area contributed by atoms with E-state index in [2.05, 4.69) is 31.1 Å². The summed E-state index contributed by atoms with van der Waals surface area (Å²) < 4.78 is 0.914. The van der Waals surface area contributed by atoms with Crippen molar-refractivity contribution in [3.05, 3.63) is 46.7 Å². The zero-order chi connectivity index (χ0) is 13.0. The molecule has 0 radical (unpaired) electrons. The molecule has 0 atom stereocenters. The predicted octanol–water partition coefficient (Wildman–Crippen LogP) is 2.48. The predicted molar refractivity (Wildman–Crippen MR) is 72.8 cm³/mol. The number of oxime groups is 1. The van der Waals surface area contributed by atoms with Crippen LogP contribution in [0, 0.1) is 0 Å². The molecule has 0 aliphatic rings. The number of pyridine rings is 2. The fourth-order valence-electron chi connectivity index (χ4n) is 1.20. The molecule has 5 nitrogen and oxygen atoms in total. The highest BCUT2D eigenvalue weighted by Crippen LogP contribution is 2.29. The van der Waals surface area contributed by atoms with Crippen molar-refractivity contribution < 1.29 is 5.21 Å². The molecule has 2 aromatic heterocycles. The SMILES string of the molecule is NC(=NO)c1ccc(Sc2ncccc2Br)nc1. The first-order valence-corrected chi connectivity index (χ1v) is 6.54. The molecule has 7 heteroatoms. The van der Waals surface area contributed by atoms with Crippen molar-refractivity contribution in [1.82, 2.24) is 9.97 Å². The van der Waals surface area contributed by atoms with Crippen molar-refractivity contribution in [2.45, 2.75) is 10.1 Å². The molecule has 2 rings (SSSR count). The van der Waals surface area contributed by atoms with Gasteiger partial charge in [0, 0.05) is 18.0 Å². The Morgan fingerprint density at radius 3 is 2.78 bits per heavy atom. The fourth-order valence-corrected chi connectivity index (χ4v) is 2.41. The third-order valence-electron chi connectivity index (χ3n) is 2.07. The molecule has 0 bridgehead atoms. The second-order valence-electron chi connectivity index (χ2n) is 3.26. The van der Waals surface area contributed by atoms with Gasteiger partial charge in [-0.25, -0.2) is 9.97 Å². The summed E-state index contributed by atoms with van der Waals surface area (Å²) in [5.74, 6) is 0.0399. The van der Waals surface area contributed by atoms with Crippen molar-refractivity contribution in [2.75, 3.05) is 0 Å². The highest BCUT2D eigenvalue weighted by atomic mass is 79.9. The van der Waals surface area contributed by atoms with Gasteiger partial charge in [-0.3, -0.25) is 0 Å². The molecule has 0 fully saturated rings. The van der Waals surface area contributed by atoms with E-state index in [0.717, 1.165) is 14.5 Å². The maximum atomic E-state index is 8.54. The zero-order valence-electron chi connectivity index (χ0n) is 9.12. The quantitative estimate of drug-likeness (QED) is 0.392. The molecule has 2 heterocycles. The molecule has 3 N–H and O–H groups in total. The molecule has 0 aliphatic heterocycles. The van der Waals surface area contributed by atoms with E-state index >= 15 is 0 Å². The summed E-state index contributed by atoms with van der Waals surface area (Å²) in [7, 11) is 0. The summed E-state index contributed by atoms with van der Waals surface area (Å²) in [6.45, 7) is 0. The monoisotopic (exact) mass is 324 g/mol. The summed E-state index contributed by atoms with van der Waals surface area (Å²) in [6, 6.07) is 7.30. The van der Waals surface area contributed by atoms with Crippen LogP contribution in [-0.2, 0) is 0 Å². The molecule has 0 saturated carbocycles. The van der Waals surface area contributed by atoms with Gasteiger partial charge < -0.3 is 10.9 Å². The Labute approximate surface area is 116 Å². The van der Waals surface area contributed by atoms with E-state index < -0.39 is 0 Å². The van der Waals surface area contributed by atoms with Crippen LogP contribution in [0.15, 0.2) is 56.3 Å². The van der Waals surface area contributed by atoms with Gasteiger partial charge in [-0.1, -0.05) is 5.16 Å². The smallest absolute Gasteiger partial charge is 0.171 e. The van der Waals surface area contributed by atoms with E-state index in [-0.39, 0.29) is 5.84 Å². The van der Waals surface area contributed by atoms with E-state index in [1.54, 1.807) is 24.5 Å². The standard InChI is InChI=1S/C11H9BrN4OS/c12-8-2-1-5-14-11(8)18-9-4-3-7(6-15-9)10(13)16-17/h1-6,17H,(H2,13,16). The van der Waals surface area contributed by atoms with Crippen molar-refractivity contribution in [3.8, 4) is 0 Å². The van der Waals surface area contributed by atoms with E-state index in [4.69, 9.17) is 10.9 Å². The molecule has 0 unspecified atom stereocenters. The number of hydrogen-bond acceptors (Lipinski definition) is 5. The lowest BCUT2D eigenvalue weighted by Crippen LogP contribution is -2.13. The number of amidine groups is 1. The van der Waals surface area contributed by atoms with Gasteiger partial charge in [0.15, 0.2) is 5.84 Å². The van der Waals surface area contributed by atoms with Gasteiger partial charge in [-0.2, -0.15) is 0 Å². The third kappa shape index (κ3) is 2.99. The van der Waals surface area contributed by atoms with E-state index in [1.807, 2.05) is 12.1 Å². The average molecular weight is 325 g/mol. The van der Waals surface area contributed by atoms with E-state index in [0.29, 0.717) is 5.56 Å². The van der Waals surface area contributed by atoms with E-state index in [9.17, 15) is 0 Å². The van der Waals surface area contributed by atoms with Crippen LogP contribution in [-0.4, -0.2) is 21.0 Å². The Bertz CT molecular complexity index is 574. The Morgan fingerprint density at radius 1 is 1.33 bits per heavy atom. The molecule has 2 aromatic rings. The minimum absolute atomic E-state index is 0.0399. The summed E-state index contributed by atoms with van der Waals surface area (Å²) in [6.07, 6.45) is 3.27. The maximum absolute atomic E-state index is 8.54. The molecular formula is C11H9BrN4OS. The Morgan fingerprint density at radius 2 is 2.17 bits per heavy atom. The number of aromatic nitrogens is 2. The number of rotatable bonds is 3. The van der Waals surface area contributed by atoms with Crippen LogP contribution in [0.5, 0.6) is 0 Å². The van der Waals surface area contributed by atoms with Crippen LogP contribution in [0.1, 0.15) is 5.56 Å². The first kappa shape index (κ1) is 12.8. The molecule has 0 saturated heterocycles. The van der Waals surface area contributed by atoms with Crippen LogP contribution in [0.3, 0.4) is 0 Å². The van der Waals surface area contributed by atoms with Crippen molar-refractivity contribution in [3.63, 3.8) is 0 Å². The van der Waals surface area contributed by atoms with Crippen molar-refractivity contribution >= 4 is 33.5 Å². The summed E-state index contributed by atoms with van der Waals surface area (Å²) in [5.41, 5.74) is 6.03. The number of halogens is 1. The van der Waals surface area contributed by atoms with Gasteiger partial charge >= 0.3 is 0 Å². The van der Waals surface area contributed by atoms with Gasteiger partial charge in [0.05, 0.1) is 4.47 Å². The normalized spacial score (nSPS) is 11.5. The third-order valence-corrected chi connectivity index (χ3v) is 3.94. The minimum Gasteiger partial charge on any atom is -0.409 e. The fraction of sp³-hybridized carbons (Fsp3) is 0. The van der Waals surface area contributed by atoms with Gasteiger partial charge in [0.1, 0.15) is 10.1 Å². The molecule has 0 aliphatic carbocycles. The van der Waals surface area contributed by atoms with Crippen LogP contribution in [0.4, 0.5) is 0 Å². The van der Waals surface area contributed by atoms with Crippen LogP contribution in [0.25, 0.3) is 0 Å². The summed E-state index contributed by atoms with van der Waals surface area (Å²) in [4.78, 5) is 8.45. The lowest BCUT2D eigenvalue weighted by molar-refractivity contribution is 0.318. The van der Waals surface area contributed by atoms with Crippen LogP contribution in [0.2, 0.25) is 0 Å². The van der Waals surface area contributed by atoms with Crippen LogP contribution >= 0.6 is 27.7 Å². The van der Waals surface area contributed by atoms with Gasteiger partial charge in [0.25, 0.3) is 0 Å². The minimum atomic E-state index is 0.0399. The van der Waals surface area contributed by atoms with E-state index in [1.165, 1.54) is 11.8 Å². The first-order chi connectivity index (χ1) is 8.70. The van der Waals surface area contributed by atoms with Crippen molar-refractivity contribution in [1.29, 1.82) is 0 Å². The molecule has 0 spiro atoms. The number of nitrogens with two attached hydrogens (primary N) is 1. The summed E-state index contributed by atoms with van der Waals surface area (Å²) >= 11 is 4.85. The van der Waals surface area contributed by atoms with Gasteiger partial charge in [-0.15, -0.1) is 0 Å². The number of nitrogens with zero attached hydrogens (tertiary/aromatic N) is 3. The Kier molecular flexibility index (Phi) is 4.16. The Hall–Kier alpha value is -1.60. The second kappa shape index (κ2) is 5.83. The average Bonchev–Trinajstić information content (AvgIpc) is 2.41. The van der Waals surface area contributed by atoms with Crippen molar-refractivity contribution in [2.24, 2.45) is 10.9 Å². The van der Waals surface area contributed by atoms with Gasteiger partial charge in [-0.05, 0) is 52.0 Å². The summed E-state index contributed by atoms with van der Waals surface area (Å²) in [5, 5.41) is 13.1. The Balaban J connectivity index is 2.19. The molecular weight excluding hydrogens is 316 g/mol. The lowest BCUT2D eigenvalue weighted by Gasteiger charge is -2.03. The molecule has 0 amide bonds. The highest BCUT2D eigenvalue weighted by Gasteiger charge is 2.05. The highest BCUT2D eigenvalue weighted by molar-refractivity contribution is 9.10. The molecule has 18 heavy (non-hydrogen) atoms. The molecule has 92 valence electrons. The number of hydrogen-bond donors (Lipinski definition) is 2. The second-order valence-corrected chi connectivity index (χ2v) is 5.13. The van der Waals surface area contributed by atoms with Crippen LogP contribution < -0.4 is 5.73 Å². The first-order valence-electron chi connectivity index (χ1n) is 4.93. The van der Waals surface area contributed by atoms with Gasteiger partial charge in [0.2, 0.25) is 0 Å².